The fourth-order valence-corrected chi connectivity index (χ4v) is 4.23. The number of nitrogens with one attached hydrogen (secondary N) is 2. The second-order valence-corrected chi connectivity index (χ2v) is 9.19. The van der Waals surface area contributed by atoms with E-state index in [0.717, 1.165) is 38.3 Å². The van der Waals surface area contributed by atoms with Crippen molar-refractivity contribution < 1.29 is 17.9 Å². The summed E-state index contributed by atoms with van der Waals surface area (Å²) in [4.78, 5) is 17.9. The number of aryl methyl sites for hydroxylation is 1. The van der Waals surface area contributed by atoms with E-state index in [1.54, 1.807) is 12.1 Å². The SMILES string of the molecule is COC(=O)c1ccc(CNS(=O)(=O)CCc2ccc(CN3CCNCC3)cc2)nc1. The topological polar surface area (TPSA) is 101 Å². The third-order valence-electron chi connectivity index (χ3n) is 5.02. The first-order valence-electron chi connectivity index (χ1n) is 9.97. The van der Waals surface area contributed by atoms with Gasteiger partial charge in [0.2, 0.25) is 10.0 Å². The van der Waals surface area contributed by atoms with Gasteiger partial charge in [0.1, 0.15) is 0 Å². The summed E-state index contributed by atoms with van der Waals surface area (Å²) in [5.74, 6) is -0.474. The van der Waals surface area contributed by atoms with Crippen LogP contribution in [0, 0.1) is 0 Å². The van der Waals surface area contributed by atoms with Crippen LogP contribution in [0.2, 0.25) is 0 Å². The molecule has 0 aliphatic carbocycles. The van der Waals surface area contributed by atoms with Crippen LogP contribution >= 0.6 is 0 Å². The molecule has 0 atom stereocenters. The Morgan fingerprint density at radius 3 is 2.47 bits per heavy atom. The average Bonchev–Trinajstić information content (AvgIpc) is 2.78. The molecule has 2 N–H and O–H groups in total. The van der Waals surface area contributed by atoms with Crippen LogP contribution in [-0.2, 0) is 34.3 Å². The van der Waals surface area contributed by atoms with Gasteiger partial charge in [0.25, 0.3) is 0 Å². The van der Waals surface area contributed by atoms with Crippen LogP contribution in [0.1, 0.15) is 27.2 Å². The molecule has 9 heteroatoms. The number of pyridine rings is 1. The van der Waals surface area contributed by atoms with Crippen LogP contribution in [0.25, 0.3) is 0 Å². The Balaban J connectivity index is 1.45. The number of hydrogen-bond acceptors (Lipinski definition) is 7. The molecule has 2 aromatic rings. The van der Waals surface area contributed by atoms with Crippen LogP contribution in [0.5, 0.6) is 0 Å². The number of piperazine rings is 1. The average molecular weight is 433 g/mol. The molecule has 0 spiro atoms. The smallest absolute Gasteiger partial charge is 0.339 e. The first kappa shape index (κ1) is 22.4. The highest BCUT2D eigenvalue weighted by Crippen LogP contribution is 2.10. The van der Waals surface area contributed by atoms with Crippen molar-refractivity contribution in [1.29, 1.82) is 0 Å². The molecule has 30 heavy (non-hydrogen) atoms. The monoisotopic (exact) mass is 432 g/mol. The minimum atomic E-state index is -3.44. The van der Waals surface area contributed by atoms with Gasteiger partial charge >= 0.3 is 5.97 Å². The molecule has 2 heterocycles. The first-order chi connectivity index (χ1) is 14.4. The molecule has 1 saturated heterocycles. The van der Waals surface area contributed by atoms with Crippen molar-refractivity contribution in [2.24, 2.45) is 0 Å². The summed E-state index contributed by atoms with van der Waals surface area (Å²) in [5.41, 5.74) is 3.08. The minimum Gasteiger partial charge on any atom is -0.465 e. The van der Waals surface area contributed by atoms with Gasteiger partial charge in [0, 0.05) is 38.9 Å². The molecule has 0 unspecified atom stereocenters. The van der Waals surface area contributed by atoms with E-state index in [1.165, 1.54) is 18.9 Å². The van der Waals surface area contributed by atoms with Crippen molar-refractivity contribution in [3.8, 4) is 0 Å². The first-order valence-corrected chi connectivity index (χ1v) is 11.6. The van der Waals surface area contributed by atoms with Crippen LogP contribution in [0.3, 0.4) is 0 Å². The number of nitrogens with zero attached hydrogens (tertiary/aromatic N) is 2. The summed E-state index contributed by atoms with van der Waals surface area (Å²) in [5, 5.41) is 3.34. The number of carbonyl (C=O) groups excluding carboxylic acids is 1. The van der Waals surface area contributed by atoms with Gasteiger partial charge in [-0.25, -0.2) is 17.9 Å². The highest BCUT2D eigenvalue weighted by molar-refractivity contribution is 7.89. The second-order valence-electron chi connectivity index (χ2n) is 7.26. The highest BCUT2D eigenvalue weighted by Gasteiger charge is 2.13. The minimum absolute atomic E-state index is 0.00435. The van der Waals surface area contributed by atoms with Crippen LogP contribution < -0.4 is 10.0 Å². The Bertz CT molecular complexity index is 924. The molecule has 8 nitrogen and oxygen atoms in total. The number of rotatable bonds is 9. The van der Waals surface area contributed by atoms with E-state index in [0.29, 0.717) is 17.7 Å². The Kier molecular flexibility index (Phi) is 7.92. The molecule has 0 bridgehead atoms. The molecule has 162 valence electrons. The summed E-state index contributed by atoms with van der Waals surface area (Å²) in [7, 11) is -2.14. The van der Waals surface area contributed by atoms with Crippen molar-refractivity contribution in [2.45, 2.75) is 19.5 Å². The zero-order valence-corrected chi connectivity index (χ0v) is 18.0. The van der Waals surface area contributed by atoms with Gasteiger partial charge in [0.15, 0.2) is 0 Å². The van der Waals surface area contributed by atoms with Crippen molar-refractivity contribution in [2.75, 3.05) is 39.0 Å². The number of hydrogen-bond donors (Lipinski definition) is 2. The van der Waals surface area contributed by atoms with Crippen molar-refractivity contribution in [3.05, 3.63) is 65.0 Å². The fourth-order valence-electron chi connectivity index (χ4n) is 3.21. The van der Waals surface area contributed by atoms with Gasteiger partial charge in [-0.1, -0.05) is 24.3 Å². The summed E-state index contributed by atoms with van der Waals surface area (Å²) >= 11 is 0. The van der Waals surface area contributed by atoms with Crippen LogP contribution in [-0.4, -0.2) is 63.3 Å². The molecule has 3 rings (SSSR count). The number of methoxy groups -OCH3 is 1. The van der Waals surface area contributed by atoms with Gasteiger partial charge in [-0.15, -0.1) is 0 Å². The second kappa shape index (κ2) is 10.6. The number of aromatic nitrogens is 1. The Morgan fingerprint density at radius 2 is 1.83 bits per heavy atom. The fraction of sp³-hybridized carbons (Fsp3) is 0.429. The van der Waals surface area contributed by atoms with Gasteiger partial charge < -0.3 is 10.1 Å². The lowest BCUT2D eigenvalue weighted by Crippen LogP contribution is -2.42. The van der Waals surface area contributed by atoms with Gasteiger partial charge in [-0.2, -0.15) is 0 Å². The lowest BCUT2D eigenvalue weighted by Gasteiger charge is -2.27. The lowest BCUT2D eigenvalue weighted by molar-refractivity contribution is 0.0600. The third kappa shape index (κ3) is 6.88. The van der Waals surface area contributed by atoms with E-state index in [1.807, 2.05) is 12.1 Å². The van der Waals surface area contributed by atoms with Gasteiger partial charge in [0.05, 0.1) is 30.7 Å². The molecule has 1 aliphatic heterocycles. The van der Waals surface area contributed by atoms with Gasteiger partial charge in [-0.05, 0) is 29.7 Å². The Hall–Kier alpha value is -2.33. The summed E-state index contributed by atoms with van der Waals surface area (Å²) < 4.78 is 31.8. The number of esters is 1. The van der Waals surface area contributed by atoms with E-state index in [-0.39, 0.29) is 12.3 Å². The van der Waals surface area contributed by atoms with Crippen molar-refractivity contribution >= 4 is 16.0 Å². The van der Waals surface area contributed by atoms with E-state index in [9.17, 15) is 13.2 Å². The van der Waals surface area contributed by atoms with Gasteiger partial charge in [-0.3, -0.25) is 9.88 Å². The summed E-state index contributed by atoms with van der Waals surface area (Å²) in [6.07, 6.45) is 1.81. The predicted molar refractivity (Wildman–Crippen MR) is 114 cm³/mol. The van der Waals surface area contributed by atoms with Crippen LogP contribution in [0.4, 0.5) is 0 Å². The molecule has 1 aromatic heterocycles. The molecule has 1 aromatic carbocycles. The Morgan fingerprint density at radius 1 is 1.13 bits per heavy atom. The predicted octanol–water partition coefficient (Wildman–Crippen LogP) is 0.936. The maximum atomic E-state index is 12.3. The summed E-state index contributed by atoms with van der Waals surface area (Å²) in [6.45, 7) is 5.14. The molecule has 1 fully saturated rings. The maximum absolute atomic E-state index is 12.3. The zero-order chi connectivity index (χ0) is 21.4. The number of carbonyl (C=O) groups is 1. The van der Waals surface area contributed by atoms with E-state index < -0.39 is 16.0 Å². The van der Waals surface area contributed by atoms with Crippen molar-refractivity contribution in [3.63, 3.8) is 0 Å². The number of benzene rings is 1. The van der Waals surface area contributed by atoms with Crippen molar-refractivity contribution in [1.82, 2.24) is 19.9 Å². The zero-order valence-electron chi connectivity index (χ0n) is 17.1. The third-order valence-corrected chi connectivity index (χ3v) is 6.34. The molecule has 0 radical (unpaired) electrons. The molecular formula is C21H28N4O4S. The molecule has 1 aliphatic rings. The lowest BCUT2D eigenvalue weighted by atomic mass is 10.1. The van der Waals surface area contributed by atoms with E-state index >= 15 is 0 Å². The normalized spacial score (nSPS) is 15.1. The standard InChI is InChI=1S/C21H28N4O4S/c1-29-21(26)19-6-7-20(23-14-19)15-24-30(27,28)13-8-17-2-4-18(5-3-17)16-25-11-9-22-10-12-25/h2-7,14,22,24H,8-13,15-16H2,1H3. The van der Waals surface area contributed by atoms with E-state index in [4.69, 9.17) is 0 Å². The molecular weight excluding hydrogens is 404 g/mol. The van der Waals surface area contributed by atoms with Crippen LogP contribution in [0.15, 0.2) is 42.6 Å². The summed E-state index contributed by atoms with van der Waals surface area (Å²) in [6, 6.07) is 11.3. The molecule has 0 amide bonds. The molecule has 0 saturated carbocycles. The highest BCUT2D eigenvalue weighted by atomic mass is 32.2. The number of ether oxygens (including phenoxy) is 1. The number of sulfonamides is 1. The quantitative estimate of drug-likeness (QED) is 0.569. The maximum Gasteiger partial charge on any atom is 0.339 e. The largest absolute Gasteiger partial charge is 0.465 e. The Labute approximate surface area is 177 Å². The van der Waals surface area contributed by atoms with E-state index in [2.05, 4.69) is 36.8 Å².